The van der Waals surface area contributed by atoms with Crippen molar-refractivity contribution in [1.29, 1.82) is 0 Å². The first-order chi connectivity index (χ1) is 8.95. The lowest BCUT2D eigenvalue weighted by Crippen LogP contribution is -2.46. The smallest absolute Gasteiger partial charge is 0.236 e. The van der Waals surface area contributed by atoms with Gasteiger partial charge in [0.2, 0.25) is 5.91 Å². The molecule has 2 heterocycles. The van der Waals surface area contributed by atoms with Crippen LogP contribution in [0, 0.1) is 0 Å². The molecule has 1 amide bonds. The van der Waals surface area contributed by atoms with Crippen molar-refractivity contribution in [2.45, 2.75) is 30.5 Å². The van der Waals surface area contributed by atoms with Crippen LogP contribution < -0.4 is 0 Å². The van der Waals surface area contributed by atoms with Crippen molar-refractivity contribution < 1.29 is 29.6 Å². The fraction of sp³-hybridized carbons (Fsp3) is 0.500. The third-order valence-electron chi connectivity index (χ3n) is 3.36. The van der Waals surface area contributed by atoms with Gasteiger partial charge in [-0.2, -0.15) is 0 Å². The Balaban J connectivity index is 2.27. The lowest BCUT2D eigenvalue weighted by molar-refractivity contribution is -0.154. The van der Waals surface area contributed by atoms with Gasteiger partial charge < -0.3 is 20.1 Å². The highest BCUT2D eigenvalue weighted by molar-refractivity contribution is 6.06. The highest BCUT2D eigenvalue weighted by Gasteiger charge is 2.54. The van der Waals surface area contributed by atoms with Gasteiger partial charge in [-0.15, -0.1) is 6.58 Å². The average Bonchev–Trinajstić information content (AvgIpc) is 2.64. The molecule has 19 heavy (non-hydrogen) atoms. The minimum Gasteiger partial charge on any atom is -0.393 e. The fourth-order valence-corrected chi connectivity index (χ4v) is 2.17. The zero-order valence-corrected chi connectivity index (χ0v) is 10.1. The number of carbonyl (C=O) groups excluding carboxylic acids is 2. The van der Waals surface area contributed by atoms with Crippen LogP contribution in [-0.2, 0) is 14.3 Å². The van der Waals surface area contributed by atoms with Crippen molar-refractivity contribution in [1.82, 2.24) is 4.90 Å². The first kappa shape index (κ1) is 13.9. The van der Waals surface area contributed by atoms with E-state index in [0.717, 1.165) is 4.90 Å². The van der Waals surface area contributed by atoms with E-state index in [9.17, 15) is 24.9 Å². The number of rotatable bonds is 3. The Hall–Kier alpha value is -1.54. The van der Waals surface area contributed by atoms with Gasteiger partial charge in [-0.05, 0) is 6.08 Å². The summed E-state index contributed by atoms with van der Waals surface area (Å²) >= 11 is 0. The minimum absolute atomic E-state index is 0.320. The first-order valence-electron chi connectivity index (χ1n) is 5.76. The van der Waals surface area contributed by atoms with Gasteiger partial charge in [0, 0.05) is 6.20 Å². The maximum absolute atomic E-state index is 11.7. The molecule has 4 atom stereocenters. The summed E-state index contributed by atoms with van der Waals surface area (Å²) in [7, 11) is 0. The van der Waals surface area contributed by atoms with Gasteiger partial charge in [0.25, 0.3) is 0 Å². The molecule has 0 saturated carbocycles. The third kappa shape index (κ3) is 2.10. The molecule has 0 unspecified atom stereocenters. The largest absolute Gasteiger partial charge is 0.393 e. The van der Waals surface area contributed by atoms with Crippen LogP contribution in [-0.4, -0.2) is 62.6 Å². The van der Waals surface area contributed by atoms with E-state index in [0.29, 0.717) is 0 Å². The Morgan fingerprint density at radius 2 is 2.21 bits per heavy atom. The molecule has 0 bridgehead atoms. The number of aliphatic hydroxyl groups excluding tert-OH is 3. The van der Waals surface area contributed by atoms with Crippen molar-refractivity contribution >= 4 is 11.7 Å². The van der Waals surface area contributed by atoms with Gasteiger partial charge in [0.1, 0.15) is 17.8 Å². The Labute approximate surface area is 109 Å². The normalized spacial score (nSPS) is 38.9. The summed E-state index contributed by atoms with van der Waals surface area (Å²) in [6.07, 6.45) is -0.742. The Morgan fingerprint density at radius 1 is 1.53 bits per heavy atom. The van der Waals surface area contributed by atoms with E-state index in [1.54, 1.807) is 0 Å². The maximum atomic E-state index is 11.7. The number of ketones is 1. The van der Waals surface area contributed by atoms with Crippen molar-refractivity contribution in [3.8, 4) is 0 Å². The average molecular weight is 269 g/mol. The summed E-state index contributed by atoms with van der Waals surface area (Å²) in [5.74, 6) is -0.882. The molecule has 0 radical (unpaired) electrons. The highest BCUT2D eigenvalue weighted by atomic mass is 16.6. The monoisotopic (exact) mass is 269 g/mol. The Morgan fingerprint density at radius 3 is 2.68 bits per heavy atom. The van der Waals surface area contributed by atoms with Crippen molar-refractivity contribution in [2.75, 3.05) is 6.61 Å². The predicted octanol–water partition coefficient (Wildman–Crippen LogP) is -1.70. The number of ether oxygens (including phenoxy) is 1. The lowest BCUT2D eigenvalue weighted by Gasteiger charge is -2.30. The van der Waals surface area contributed by atoms with E-state index in [2.05, 4.69) is 6.58 Å². The van der Waals surface area contributed by atoms with E-state index in [4.69, 9.17) is 4.74 Å². The van der Waals surface area contributed by atoms with Gasteiger partial charge >= 0.3 is 0 Å². The van der Waals surface area contributed by atoms with Crippen LogP contribution in [0.5, 0.6) is 0 Å². The molecular weight excluding hydrogens is 254 g/mol. The van der Waals surface area contributed by atoms with E-state index >= 15 is 0 Å². The second-order valence-electron chi connectivity index (χ2n) is 4.52. The number of aliphatic hydroxyl groups is 3. The third-order valence-corrected chi connectivity index (χ3v) is 3.36. The van der Waals surface area contributed by atoms with Crippen LogP contribution in [0.25, 0.3) is 0 Å². The van der Waals surface area contributed by atoms with Crippen molar-refractivity contribution in [3.05, 3.63) is 24.9 Å². The number of carbonyl (C=O) groups is 2. The van der Waals surface area contributed by atoms with Crippen molar-refractivity contribution in [3.63, 3.8) is 0 Å². The van der Waals surface area contributed by atoms with E-state index < -0.39 is 36.6 Å². The van der Waals surface area contributed by atoms with Crippen LogP contribution >= 0.6 is 0 Å². The van der Waals surface area contributed by atoms with Crippen LogP contribution in [0.15, 0.2) is 24.9 Å². The highest BCUT2D eigenvalue weighted by Crippen LogP contribution is 2.34. The summed E-state index contributed by atoms with van der Waals surface area (Å²) in [5.41, 5.74) is -1.53. The molecule has 2 aliphatic heterocycles. The summed E-state index contributed by atoms with van der Waals surface area (Å²) in [5, 5.41) is 29.1. The zero-order valence-electron chi connectivity index (χ0n) is 10.1. The predicted molar refractivity (Wildman–Crippen MR) is 62.5 cm³/mol. The molecule has 2 aliphatic rings. The number of hydrogen-bond donors (Lipinski definition) is 3. The molecule has 0 aromatic rings. The molecule has 1 saturated heterocycles. The summed E-state index contributed by atoms with van der Waals surface area (Å²) in [6.45, 7) is 2.86. The van der Waals surface area contributed by atoms with Gasteiger partial charge in [-0.1, -0.05) is 6.08 Å². The van der Waals surface area contributed by atoms with Crippen LogP contribution in [0.4, 0.5) is 0 Å². The molecule has 7 heteroatoms. The molecule has 2 rings (SSSR count). The summed E-state index contributed by atoms with van der Waals surface area (Å²) in [6, 6.07) is 0. The zero-order chi connectivity index (χ0) is 14.2. The molecule has 0 aromatic carbocycles. The lowest BCUT2D eigenvalue weighted by atomic mass is 9.96. The SMILES string of the molecule is C=C[C@]1(CO)O[C@@H](N2C=CC(=O)CC2=O)[C@H](O)[C@@H]1O. The molecule has 0 spiro atoms. The van der Waals surface area contributed by atoms with E-state index in [1.165, 1.54) is 18.4 Å². The topological polar surface area (TPSA) is 107 Å². The molecule has 0 aliphatic carbocycles. The number of amides is 1. The maximum Gasteiger partial charge on any atom is 0.236 e. The van der Waals surface area contributed by atoms with Gasteiger partial charge in [-0.3, -0.25) is 14.5 Å². The molecule has 1 fully saturated rings. The summed E-state index contributed by atoms with van der Waals surface area (Å²) < 4.78 is 5.39. The van der Waals surface area contributed by atoms with Crippen LogP contribution in [0.1, 0.15) is 6.42 Å². The molecular formula is C12H15NO6. The first-order valence-corrected chi connectivity index (χ1v) is 5.76. The second kappa shape index (κ2) is 4.86. The number of hydrogen-bond acceptors (Lipinski definition) is 6. The second-order valence-corrected chi connectivity index (χ2v) is 4.52. The van der Waals surface area contributed by atoms with E-state index in [1.807, 2.05) is 0 Å². The van der Waals surface area contributed by atoms with Crippen LogP contribution in [0.2, 0.25) is 0 Å². The number of allylic oxidation sites excluding steroid dienone is 1. The Bertz CT molecular complexity index is 448. The van der Waals surface area contributed by atoms with Gasteiger partial charge in [0.15, 0.2) is 12.0 Å². The molecule has 0 aromatic heterocycles. The fourth-order valence-electron chi connectivity index (χ4n) is 2.17. The van der Waals surface area contributed by atoms with Gasteiger partial charge in [-0.25, -0.2) is 0 Å². The number of nitrogens with zero attached hydrogens (tertiary/aromatic N) is 1. The Kier molecular flexibility index (Phi) is 3.55. The standard InChI is InChI=1S/C12H15NO6/c1-2-12(6-14)10(18)9(17)11(19-12)13-4-3-7(15)5-8(13)16/h2-4,9-11,14,17-18H,1,5-6H2/t9-,10+,11-,12-/m1/s1. The quantitative estimate of drug-likeness (QED) is 0.416. The molecule has 7 nitrogen and oxygen atoms in total. The van der Waals surface area contributed by atoms with E-state index in [-0.39, 0.29) is 12.2 Å². The summed E-state index contributed by atoms with van der Waals surface area (Å²) in [4.78, 5) is 23.8. The van der Waals surface area contributed by atoms with Gasteiger partial charge in [0.05, 0.1) is 13.0 Å². The van der Waals surface area contributed by atoms with Crippen molar-refractivity contribution in [2.24, 2.45) is 0 Å². The minimum atomic E-state index is -1.53. The van der Waals surface area contributed by atoms with Crippen LogP contribution in [0.3, 0.4) is 0 Å². The molecule has 3 N–H and O–H groups in total. The molecule has 104 valence electrons.